The average Bonchev–Trinajstić information content (AvgIpc) is 3.59. The minimum absolute atomic E-state index is 0.0305. The van der Waals surface area contributed by atoms with Gasteiger partial charge in [-0.25, -0.2) is 4.79 Å². The van der Waals surface area contributed by atoms with E-state index in [0.29, 0.717) is 13.0 Å². The third-order valence-corrected chi connectivity index (χ3v) is 10.5. The number of methoxy groups -OCH3 is 2. The van der Waals surface area contributed by atoms with Crippen LogP contribution in [-0.2, 0) is 44.6 Å². The number of esters is 1. The van der Waals surface area contributed by atoms with Crippen LogP contribution in [0.25, 0.3) is 0 Å². The number of likely N-dealkylation sites (N-methyl/N-ethyl adjacent to an activating group) is 1. The number of carbonyl (C=O) groups excluding carboxylic acids is 5. The molecule has 2 aliphatic rings. The van der Waals surface area contributed by atoms with Crippen molar-refractivity contribution in [2.45, 2.75) is 141 Å². The lowest BCUT2D eigenvalue weighted by molar-refractivity contribution is -0.159. The van der Waals surface area contributed by atoms with E-state index in [9.17, 15) is 24.0 Å². The number of likely N-dealkylation sites (tertiary alicyclic amines) is 1. The quantitative estimate of drug-likeness (QED) is 0.203. The molecule has 1 saturated carbocycles. The zero-order valence-corrected chi connectivity index (χ0v) is 33.4. The highest BCUT2D eigenvalue weighted by Gasteiger charge is 2.43. The smallest absolute Gasteiger partial charge is 0.329 e. The molecule has 1 saturated heterocycles. The summed E-state index contributed by atoms with van der Waals surface area (Å²) in [5.41, 5.74) is 4.92. The Labute approximate surface area is 316 Å². The third kappa shape index (κ3) is 12.8. The maximum atomic E-state index is 14.2. The lowest BCUT2D eigenvalue weighted by Crippen LogP contribution is -2.56. The molecule has 53 heavy (non-hydrogen) atoms. The molecule has 6 unspecified atom stereocenters. The maximum Gasteiger partial charge on any atom is 0.329 e. The molecule has 1 aliphatic carbocycles. The van der Waals surface area contributed by atoms with Gasteiger partial charge in [0, 0.05) is 34.2 Å². The summed E-state index contributed by atoms with van der Waals surface area (Å²) in [6, 6.07) is 7.74. The van der Waals surface area contributed by atoms with E-state index in [4.69, 9.17) is 19.9 Å². The first kappa shape index (κ1) is 43.9. The fraction of sp³-hybridized carbons (Fsp3) is 0.725. The summed E-state index contributed by atoms with van der Waals surface area (Å²) in [4.78, 5) is 70.6. The first-order valence-corrected chi connectivity index (χ1v) is 19.1. The van der Waals surface area contributed by atoms with Gasteiger partial charge in [0.25, 0.3) is 0 Å². The Morgan fingerprint density at radius 3 is 2.15 bits per heavy atom. The van der Waals surface area contributed by atoms with Crippen LogP contribution in [0.2, 0.25) is 0 Å². The number of nitrogens with one attached hydrogen (secondary N) is 2. The predicted molar refractivity (Wildman–Crippen MR) is 202 cm³/mol. The van der Waals surface area contributed by atoms with Gasteiger partial charge in [-0.05, 0) is 71.8 Å². The van der Waals surface area contributed by atoms with Gasteiger partial charge in [0.1, 0.15) is 11.6 Å². The summed E-state index contributed by atoms with van der Waals surface area (Å²) in [6.07, 6.45) is 5.38. The molecule has 0 aromatic heterocycles. The average molecular weight is 744 g/mol. The molecule has 4 amide bonds. The summed E-state index contributed by atoms with van der Waals surface area (Å²) in [6.45, 7) is 10.5. The molecule has 0 radical (unpaired) electrons. The molecule has 0 spiro atoms. The van der Waals surface area contributed by atoms with Gasteiger partial charge in [0.2, 0.25) is 23.6 Å². The fourth-order valence-electron chi connectivity index (χ4n) is 7.66. The standard InChI is InChI=1S/C40H65N5O8/c1-26(36(48)43-29(37(49)53-39(2,3)4)23-27-17-12-10-13-18-27)35(52-9)30-21-16-22-45(30)32(46)24-31(51-8)34(28-19-14-11-15-20-28)44(7)33(47)25-42-38(50)40(5,6)41/h10,12-13,17-18,26,28-31,34-35H,11,14-16,19-25,41H2,1-9H3,(H,42,50)(H,43,48). The van der Waals surface area contributed by atoms with Crippen molar-refractivity contribution in [1.82, 2.24) is 20.4 Å². The largest absolute Gasteiger partial charge is 0.458 e. The first-order valence-electron chi connectivity index (χ1n) is 19.1. The number of nitrogens with two attached hydrogens (primary N) is 1. The van der Waals surface area contributed by atoms with E-state index >= 15 is 0 Å². The number of hydrogen-bond donors (Lipinski definition) is 3. The molecule has 2 fully saturated rings. The van der Waals surface area contributed by atoms with Crippen LogP contribution in [0.3, 0.4) is 0 Å². The van der Waals surface area contributed by atoms with Crippen LogP contribution in [0.4, 0.5) is 0 Å². The van der Waals surface area contributed by atoms with Crippen LogP contribution >= 0.6 is 0 Å². The Kier molecular flexibility index (Phi) is 16.3. The van der Waals surface area contributed by atoms with Crippen LogP contribution in [0.5, 0.6) is 0 Å². The van der Waals surface area contributed by atoms with Crippen LogP contribution in [0.15, 0.2) is 30.3 Å². The van der Waals surface area contributed by atoms with Crippen LogP contribution in [-0.4, -0.2) is 115 Å². The summed E-state index contributed by atoms with van der Waals surface area (Å²) in [7, 11) is 4.81. The molecule has 0 bridgehead atoms. The molecule has 13 nitrogen and oxygen atoms in total. The molecule has 6 atom stereocenters. The SMILES string of the molecule is COC(CC(=O)N1CCCC1C(OC)C(C)C(=O)NC(Cc1ccccc1)C(=O)OC(C)(C)C)C(C1CCCCC1)N(C)C(=O)CNC(=O)C(C)(C)N. The van der Waals surface area contributed by atoms with E-state index in [2.05, 4.69) is 10.6 Å². The zero-order valence-electron chi connectivity index (χ0n) is 33.4. The molecular weight excluding hydrogens is 678 g/mol. The molecular formula is C40H65N5O8. The second-order valence-electron chi connectivity index (χ2n) is 16.3. The van der Waals surface area contributed by atoms with Crippen molar-refractivity contribution in [3.63, 3.8) is 0 Å². The van der Waals surface area contributed by atoms with Crippen molar-refractivity contribution < 1.29 is 38.2 Å². The minimum atomic E-state index is -1.13. The molecule has 4 N–H and O–H groups in total. The number of rotatable bonds is 17. The van der Waals surface area contributed by atoms with E-state index in [0.717, 1.165) is 44.1 Å². The summed E-state index contributed by atoms with van der Waals surface area (Å²) >= 11 is 0. The highest BCUT2D eigenvalue weighted by Crippen LogP contribution is 2.34. The van der Waals surface area contributed by atoms with E-state index < -0.39 is 53.2 Å². The van der Waals surface area contributed by atoms with Crippen molar-refractivity contribution in [2.24, 2.45) is 17.6 Å². The summed E-state index contributed by atoms with van der Waals surface area (Å²) < 4.78 is 17.6. The Bertz CT molecular complexity index is 1370. The lowest BCUT2D eigenvalue weighted by Gasteiger charge is -2.41. The monoisotopic (exact) mass is 743 g/mol. The molecule has 1 aliphatic heterocycles. The van der Waals surface area contributed by atoms with E-state index in [1.807, 2.05) is 30.3 Å². The minimum Gasteiger partial charge on any atom is -0.458 e. The van der Waals surface area contributed by atoms with Crippen LogP contribution in [0, 0.1) is 11.8 Å². The maximum absolute atomic E-state index is 14.2. The first-order chi connectivity index (χ1) is 24.9. The van der Waals surface area contributed by atoms with Gasteiger partial charge in [0.15, 0.2) is 0 Å². The summed E-state index contributed by atoms with van der Waals surface area (Å²) in [5, 5.41) is 5.57. The number of ether oxygens (including phenoxy) is 3. The van der Waals surface area contributed by atoms with Crippen molar-refractivity contribution in [3.05, 3.63) is 35.9 Å². The second kappa shape index (κ2) is 19.7. The van der Waals surface area contributed by atoms with Gasteiger partial charge in [-0.15, -0.1) is 0 Å². The van der Waals surface area contributed by atoms with Gasteiger partial charge >= 0.3 is 5.97 Å². The Morgan fingerprint density at radius 2 is 1.58 bits per heavy atom. The normalized spacial score (nSPS) is 19.7. The van der Waals surface area contributed by atoms with Crippen LogP contribution < -0.4 is 16.4 Å². The van der Waals surface area contributed by atoms with Gasteiger partial charge in [-0.2, -0.15) is 0 Å². The summed E-state index contributed by atoms with van der Waals surface area (Å²) in [5.74, 6) is -2.35. The highest BCUT2D eigenvalue weighted by atomic mass is 16.6. The Morgan fingerprint density at radius 1 is 0.943 bits per heavy atom. The van der Waals surface area contributed by atoms with Crippen molar-refractivity contribution in [1.29, 1.82) is 0 Å². The zero-order chi connectivity index (χ0) is 39.5. The molecule has 1 aromatic carbocycles. The third-order valence-electron chi connectivity index (χ3n) is 10.5. The number of nitrogens with zero attached hydrogens (tertiary/aromatic N) is 2. The fourth-order valence-corrected chi connectivity index (χ4v) is 7.66. The molecule has 298 valence electrons. The van der Waals surface area contributed by atoms with E-state index in [1.54, 1.807) is 65.5 Å². The highest BCUT2D eigenvalue weighted by molar-refractivity contribution is 5.89. The number of benzene rings is 1. The number of hydrogen-bond acceptors (Lipinski definition) is 9. The Balaban J connectivity index is 1.77. The van der Waals surface area contributed by atoms with Gasteiger partial charge in [-0.3, -0.25) is 19.2 Å². The van der Waals surface area contributed by atoms with Gasteiger partial charge in [0.05, 0.1) is 48.7 Å². The van der Waals surface area contributed by atoms with Crippen molar-refractivity contribution >= 4 is 29.6 Å². The lowest BCUT2D eigenvalue weighted by atomic mass is 9.80. The second-order valence-corrected chi connectivity index (χ2v) is 16.3. The van der Waals surface area contributed by atoms with Crippen molar-refractivity contribution in [2.75, 3.05) is 34.4 Å². The van der Waals surface area contributed by atoms with Crippen LogP contribution in [0.1, 0.15) is 98.5 Å². The number of amides is 4. The van der Waals surface area contributed by atoms with Gasteiger partial charge in [-0.1, -0.05) is 56.5 Å². The van der Waals surface area contributed by atoms with Crippen molar-refractivity contribution in [3.8, 4) is 0 Å². The molecule has 3 rings (SSSR count). The van der Waals surface area contributed by atoms with Gasteiger partial charge < -0.3 is 40.4 Å². The molecule has 1 aromatic rings. The molecule has 13 heteroatoms. The predicted octanol–water partition coefficient (Wildman–Crippen LogP) is 3.36. The molecule has 1 heterocycles. The number of carbonyl (C=O) groups is 5. The topological polar surface area (TPSA) is 170 Å². The van der Waals surface area contributed by atoms with E-state index in [1.165, 1.54) is 7.11 Å². The van der Waals surface area contributed by atoms with E-state index in [-0.39, 0.29) is 49.1 Å². The Hall–Kier alpha value is -3.55.